The molecule has 2 heterocycles. The van der Waals surface area contributed by atoms with Crippen LogP contribution in [0.5, 0.6) is 0 Å². The van der Waals surface area contributed by atoms with E-state index in [1.54, 1.807) is 6.20 Å². The van der Waals surface area contributed by atoms with Gasteiger partial charge in [0.2, 0.25) is 0 Å². The van der Waals surface area contributed by atoms with Crippen molar-refractivity contribution in [3.05, 3.63) is 16.6 Å². The Bertz CT molecular complexity index is 329. The highest BCUT2D eigenvalue weighted by Crippen LogP contribution is 2.15. The van der Waals surface area contributed by atoms with Gasteiger partial charge in [-0.15, -0.1) is 11.3 Å². The van der Waals surface area contributed by atoms with E-state index >= 15 is 0 Å². The Balaban J connectivity index is 2.07. The summed E-state index contributed by atoms with van der Waals surface area (Å²) in [5.41, 5.74) is 2.69. The van der Waals surface area contributed by atoms with Crippen LogP contribution in [0, 0.1) is 5.51 Å². The van der Waals surface area contributed by atoms with Gasteiger partial charge in [-0.05, 0) is 13.8 Å². The van der Waals surface area contributed by atoms with Crippen molar-refractivity contribution in [3.63, 3.8) is 0 Å². The Morgan fingerprint density at radius 3 is 2.80 bits per heavy atom. The molecule has 1 aromatic heterocycles. The predicted octanol–water partition coefficient (Wildman–Crippen LogP) is 1.19. The summed E-state index contributed by atoms with van der Waals surface area (Å²) in [6.45, 7) is 5.27. The van der Waals surface area contributed by atoms with Crippen LogP contribution in [-0.2, 0) is 4.74 Å². The summed E-state index contributed by atoms with van der Waals surface area (Å²) in [6.07, 6.45) is 1.78. The summed E-state index contributed by atoms with van der Waals surface area (Å²) in [6, 6.07) is 0. The highest BCUT2D eigenvalue weighted by Gasteiger charge is 2.27. The van der Waals surface area contributed by atoms with E-state index in [4.69, 9.17) is 4.74 Å². The van der Waals surface area contributed by atoms with Gasteiger partial charge < -0.3 is 9.64 Å². The fourth-order valence-electron chi connectivity index (χ4n) is 1.79. The molecule has 2 rings (SSSR count). The topological polar surface area (TPSA) is 42.4 Å². The molecule has 15 heavy (non-hydrogen) atoms. The van der Waals surface area contributed by atoms with Gasteiger partial charge >= 0.3 is 0 Å². The first-order valence-electron chi connectivity index (χ1n) is 4.93. The van der Waals surface area contributed by atoms with Crippen LogP contribution in [0.1, 0.15) is 23.5 Å². The molecule has 1 aromatic rings. The van der Waals surface area contributed by atoms with Gasteiger partial charge in [0.15, 0.2) is 5.51 Å². The number of hydrogen-bond donors (Lipinski definition) is 0. The number of hydrogen-bond acceptors (Lipinski definition) is 4. The van der Waals surface area contributed by atoms with Gasteiger partial charge in [0.1, 0.15) is 4.88 Å². The number of rotatable bonds is 1. The van der Waals surface area contributed by atoms with Crippen LogP contribution in [-0.4, -0.2) is 41.1 Å². The van der Waals surface area contributed by atoms with Crippen LogP contribution in [0.25, 0.3) is 0 Å². The van der Waals surface area contributed by atoms with Crippen molar-refractivity contribution in [2.45, 2.75) is 26.1 Å². The second kappa shape index (κ2) is 4.28. The maximum absolute atomic E-state index is 12.0. The average Bonchev–Trinajstić information content (AvgIpc) is 2.67. The van der Waals surface area contributed by atoms with Crippen LogP contribution >= 0.6 is 11.3 Å². The zero-order valence-electron chi connectivity index (χ0n) is 8.77. The van der Waals surface area contributed by atoms with Gasteiger partial charge in [0, 0.05) is 13.1 Å². The summed E-state index contributed by atoms with van der Waals surface area (Å²) in [5.74, 6) is 0.0377. The molecule has 4 nitrogen and oxygen atoms in total. The van der Waals surface area contributed by atoms with Crippen molar-refractivity contribution in [2.75, 3.05) is 13.1 Å². The third-order valence-corrected chi connectivity index (χ3v) is 3.00. The lowest BCUT2D eigenvalue weighted by Crippen LogP contribution is -2.48. The smallest absolute Gasteiger partial charge is 0.265 e. The normalized spacial score (nSPS) is 26.7. The van der Waals surface area contributed by atoms with Crippen molar-refractivity contribution >= 4 is 17.2 Å². The molecule has 0 aliphatic carbocycles. The maximum atomic E-state index is 12.0. The number of ether oxygens (including phenoxy) is 1. The third-order valence-electron chi connectivity index (χ3n) is 2.31. The molecule has 1 saturated heterocycles. The molecule has 1 aliphatic rings. The fourth-order valence-corrected chi connectivity index (χ4v) is 2.31. The van der Waals surface area contributed by atoms with Crippen LogP contribution in [0.3, 0.4) is 0 Å². The lowest BCUT2D eigenvalue weighted by molar-refractivity contribution is -0.0585. The number of nitrogens with zero attached hydrogens (tertiary/aromatic N) is 2. The first-order valence-corrected chi connectivity index (χ1v) is 5.75. The van der Waals surface area contributed by atoms with Crippen LogP contribution in [0.15, 0.2) is 6.20 Å². The number of thiazole rings is 1. The summed E-state index contributed by atoms with van der Waals surface area (Å²) in [4.78, 5) is 18.2. The molecular formula is C10H13N2O2S. The lowest BCUT2D eigenvalue weighted by atomic mass is 10.2. The molecule has 0 spiro atoms. The Hall–Kier alpha value is -0.940. The van der Waals surface area contributed by atoms with Gasteiger partial charge in [-0.1, -0.05) is 0 Å². The van der Waals surface area contributed by atoms with E-state index in [1.165, 1.54) is 11.3 Å². The van der Waals surface area contributed by atoms with Gasteiger partial charge in [0.05, 0.1) is 18.4 Å². The highest BCUT2D eigenvalue weighted by atomic mass is 32.1. The first kappa shape index (κ1) is 10.6. The Labute approximate surface area is 92.9 Å². The van der Waals surface area contributed by atoms with E-state index in [2.05, 4.69) is 10.5 Å². The first-order chi connectivity index (χ1) is 7.16. The minimum Gasteiger partial charge on any atom is -0.372 e. The van der Waals surface area contributed by atoms with Gasteiger partial charge in [-0.3, -0.25) is 4.79 Å². The lowest BCUT2D eigenvalue weighted by Gasteiger charge is -2.34. The van der Waals surface area contributed by atoms with Crippen molar-refractivity contribution in [1.29, 1.82) is 0 Å². The highest BCUT2D eigenvalue weighted by molar-refractivity contribution is 7.11. The molecule has 0 N–H and O–H groups in total. The van der Waals surface area contributed by atoms with Crippen LogP contribution in [0.2, 0.25) is 0 Å². The van der Waals surface area contributed by atoms with Gasteiger partial charge in [-0.2, -0.15) is 0 Å². The monoisotopic (exact) mass is 225 g/mol. The SMILES string of the molecule is CC1CN(C(=O)c2cn[c]s2)CC(C)O1. The van der Waals surface area contributed by atoms with E-state index in [-0.39, 0.29) is 18.1 Å². The maximum Gasteiger partial charge on any atom is 0.265 e. The summed E-state index contributed by atoms with van der Waals surface area (Å²) >= 11 is 1.26. The van der Waals surface area contributed by atoms with E-state index in [0.29, 0.717) is 18.0 Å². The van der Waals surface area contributed by atoms with E-state index in [1.807, 2.05) is 18.7 Å². The van der Waals surface area contributed by atoms with Crippen LogP contribution < -0.4 is 0 Å². The van der Waals surface area contributed by atoms with E-state index < -0.39 is 0 Å². The quantitative estimate of drug-likeness (QED) is 0.721. The fraction of sp³-hybridized carbons (Fsp3) is 0.600. The standard InChI is InChI=1S/C10H13N2O2S/c1-7-4-12(5-8(2)14-7)10(13)9-3-11-6-15-9/h3,7-8H,4-5H2,1-2H3. The molecule has 1 aliphatic heterocycles. The summed E-state index contributed by atoms with van der Waals surface area (Å²) in [5, 5.41) is 0. The molecule has 81 valence electrons. The number of amides is 1. The molecule has 0 bridgehead atoms. The largest absolute Gasteiger partial charge is 0.372 e. The minimum atomic E-state index is 0.0377. The molecule has 1 fully saturated rings. The average molecular weight is 225 g/mol. The third kappa shape index (κ3) is 2.35. The van der Waals surface area contributed by atoms with Crippen molar-refractivity contribution in [3.8, 4) is 0 Å². The van der Waals surface area contributed by atoms with Crippen molar-refractivity contribution in [1.82, 2.24) is 9.88 Å². The number of morpholine rings is 1. The second-order valence-corrected chi connectivity index (χ2v) is 4.61. The molecule has 2 atom stereocenters. The predicted molar refractivity (Wildman–Crippen MR) is 56.9 cm³/mol. The Morgan fingerprint density at radius 1 is 1.60 bits per heavy atom. The van der Waals surface area contributed by atoms with Crippen molar-refractivity contribution < 1.29 is 9.53 Å². The molecule has 5 heteroatoms. The van der Waals surface area contributed by atoms with E-state index in [0.717, 1.165) is 0 Å². The number of aromatic nitrogens is 1. The van der Waals surface area contributed by atoms with Crippen molar-refractivity contribution in [2.24, 2.45) is 0 Å². The Morgan fingerprint density at radius 2 is 2.27 bits per heavy atom. The Kier molecular flexibility index (Phi) is 3.02. The zero-order valence-corrected chi connectivity index (χ0v) is 9.58. The molecular weight excluding hydrogens is 212 g/mol. The molecule has 1 radical (unpaired) electrons. The minimum absolute atomic E-state index is 0.0377. The molecule has 0 saturated carbocycles. The van der Waals surface area contributed by atoms with E-state index in [9.17, 15) is 4.79 Å². The summed E-state index contributed by atoms with van der Waals surface area (Å²) in [7, 11) is 0. The number of carbonyl (C=O) groups excluding carboxylic acids is 1. The van der Waals surface area contributed by atoms with Gasteiger partial charge in [0.25, 0.3) is 5.91 Å². The second-order valence-electron chi connectivity index (χ2n) is 3.78. The summed E-state index contributed by atoms with van der Waals surface area (Å²) < 4.78 is 5.57. The molecule has 1 amide bonds. The molecule has 0 aromatic carbocycles. The number of carbonyl (C=O) groups is 1. The zero-order chi connectivity index (χ0) is 10.8. The van der Waals surface area contributed by atoms with Gasteiger partial charge in [-0.25, -0.2) is 4.98 Å². The van der Waals surface area contributed by atoms with Crippen LogP contribution in [0.4, 0.5) is 0 Å². The molecule has 2 unspecified atom stereocenters.